The van der Waals surface area contributed by atoms with Gasteiger partial charge in [0.05, 0.1) is 12.0 Å². The van der Waals surface area contributed by atoms with E-state index in [4.69, 9.17) is 16.4 Å². The highest BCUT2D eigenvalue weighted by molar-refractivity contribution is 6.62. The summed E-state index contributed by atoms with van der Waals surface area (Å²) in [5, 5.41) is 11.2. The molecule has 1 rings (SSSR count). The summed E-state index contributed by atoms with van der Waals surface area (Å²) in [6.07, 6.45) is 0. The van der Waals surface area contributed by atoms with Gasteiger partial charge in [-0.1, -0.05) is 6.92 Å². The molecule has 0 radical (unpaired) electrons. The first-order valence-electron chi connectivity index (χ1n) is 5.36. The van der Waals surface area contributed by atoms with Crippen LogP contribution in [0, 0.1) is 11.8 Å². The Labute approximate surface area is 103 Å². The van der Waals surface area contributed by atoms with Crippen LogP contribution in [0.2, 0.25) is 0 Å². The van der Waals surface area contributed by atoms with E-state index in [1.165, 1.54) is 6.92 Å². The molecule has 0 unspecified atom stereocenters. The van der Waals surface area contributed by atoms with Crippen molar-refractivity contribution in [1.29, 1.82) is 0 Å². The second kappa shape index (κ2) is 5.07. The molecule has 1 saturated heterocycles. The van der Waals surface area contributed by atoms with Gasteiger partial charge in [0.2, 0.25) is 5.91 Å². The minimum atomic E-state index is -1.61. The van der Waals surface area contributed by atoms with Crippen LogP contribution in [-0.2, 0) is 14.4 Å². The number of nitrogens with zero attached hydrogens (tertiary/aromatic N) is 2. The molecule has 18 heavy (non-hydrogen) atoms. The Morgan fingerprint density at radius 3 is 2.39 bits per heavy atom. The second-order valence-electron chi connectivity index (χ2n) is 4.33. The average molecular weight is 254 g/mol. The number of aliphatic carboxylic acids is 1. The van der Waals surface area contributed by atoms with Gasteiger partial charge >= 0.3 is 11.7 Å². The van der Waals surface area contributed by atoms with Gasteiger partial charge in [-0.05, 0) is 6.92 Å². The Balaban J connectivity index is 2.86. The first-order valence-corrected chi connectivity index (χ1v) is 5.36. The zero-order valence-corrected chi connectivity index (χ0v) is 9.95. The molecule has 1 aliphatic rings. The lowest BCUT2D eigenvalue weighted by Crippen LogP contribution is -2.67. The second-order valence-corrected chi connectivity index (χ2v) is 4.33. The van der Waals surface area contributed by atoms with Crippen molar-refractivity contribution in [3.8, 4) is 0 Å². The third kappa shape index (κ3) is 2.29. The number of nitrogens with two attached hydrogens (primary N) is 1. The summed E-state index contributed by atoms with van der Waals surface area (Å²) in [7, 11) is 0. The largest absolute Gasteiger partial charge is 0.472 e. The summed E-state index contributed by atoms with van der Waals surface area (Å²) < 4.78 is 0. The molecule has 0 bridgehead atoms. The Kier molecular flexibility index (Phi) is 3.95. The Morgan fingerprint density at radius 2 is 2.06 bits per heavy atom. The number of carbonyl (C=O) groups is 3. The predicted octanol–water partition coefficient (Wildman–Crippen LogP) is -1.59. The van der Waals surface area contributed by atoms with Crippen LogP contribution in [-0.4, -0.2) is 45.4 Å². The highest BCUT2D eigenvalue weighted by atomic mass is 16.4. The smallest absolute Gasteiger partial charge is 0.441 e. The quantitative estimate of drug-likeness (QED) is 0.178. The summed E-state index contributed by atoms with van der Waals surface area (Å²) in [5.41, 5.74) is 13.2. The van der Waals surface area contributed by atoms with Crippen molar-refractivity contribution in [2.24, 2.45) is 17.6 Å². The van der Waals surface area contributed by atoms with Crippen LogP contribution in [0.1, 0.15) is 13.8 Å². The number of hydrogen-bond donors (Lipinski definition) is 3. The van der Waals surface area contributed by atoms with E-state index in [1.807, 2.05) is 0 Å². The third-order valence-electron chi connectivity index (χ3n) is 3.05. The van der Waals surface area contributed by atoms with Gasteiger partial charge in [0, 0.05) is 12.0 Å². The molecule has 1 aliphatic heterocycles. The highest BCUT2D eigenvalue weighted by Gasteiger charge is 2.49. The summed E-state index contributed by atoms with van der Waals surface area (Å²) in [6.45, 7) is 3.09. The van der Waals surface area contributed by atoms with Crippen molar-refractivity contribution < 1.29 is 24.3 Å². The van der Waals surface area contributed by atoms with Gasteiger partial charge in [-0.25, -0.2) is 4.79 Å². The van der Waals surface area contributed by atoms with Crippen molar-refractivity contribution in [3.05, 3.63) is 5.53 Å². The number of Topliss-reactive ketones (excluding diaryl/α,β-unsaturated/α-hetero) is 1. The van der Waals surface area contributed by atoms with E-state index in [-0.39, 0.29) is 5.91 Å². The molecule has 0 aliphatic carbocycles. The van der Waals surface area contributed by atoms with Gasteiger partial charge in [0.1, 0.15) is 0 Å². The summed E-state index contributed by atoms with van der Waals surface area (Å²) in [4.78, 5) is 36.2. The number of nitrogens with one attached hydrogen (secondary N) is 1. The number of rotatable bonds is 5. The van der Waals surface area contributed by atoms with Crippen LogP contribution >= 0.6 is 0 Å². The molecule has 98 valence electrons. The molecule has 0 aromatic heterocycles. The van der Waals surface area contributed by atoms with Gasteiger partial charge in [0.25, 0.3) is 5.78 Å². The fourth-order valence-electron chi connectivity index (χ4n) is 2.00. The monoisotopic (exact) mass is 254 g/mol. The zero-order valence-electron chi connectivity index (χ0n) is 9.95. The number of β-lactam (4-membered cyclic amide) rings is 1. The molecule has 0 saturated carbocycles. The summed E-state index contributed by atoms with van der Waals surface area (Å²) in [5.74, 6) is -4.09. The van der Waals surface area contributed by atoms with Crippen LogP contribution in [0.3, 0.4) is 0 Å². The van der Waals surface area contributed by atoms with Gasteiger partial charge in [-0.3, -0.25) is 9.59 Å². The zero-order chi connectivity index (χ0) is 14.0. The fraction of sp³-hybridized carbons (Fsp3) is 0.600. The normalized spacial score (nSPS) is 25.2. The van der Waals surface area contributed by atoms with E-state index in [2.05, 4.69) is 10.1 Å². The van der Waals surface area contributed by atoms with Crippen LogP contribution in [0.15, 0.2) is 0 Å². The van der Waals surface area contributed by atoms with Crippen molar-refractivity contribution in [1.82, 2.24) is 5.32 Å². The van der Waals surface area contributed by atoms with E-state index in [1.54, 1.807) is 6.92 Å². The van der Waals surface area contributed by atoms with E-state index in [9.17, 15) is 14.4 Å². The maximum atomic E-state index is 11.8. The first kappa shape index (κ1) is 14.0. The molecular weight excluding hydrogens is 240 g/mol. The molecule has 0 spiro atoms. The van der Waals surface area contributed by atoms with E-state index in [0.717, 1.165) is 0 Å². The fourth-order valence-corrected chi connectivity index (χ4v) is 2.00. The molecule has 0 aromatic carbocycles. The molecule has 1 amide bonds. The average Bonchev–Trinajstić information content (AvgIpc) is 2.24. The van der Waals surface area contributed by atoms with E-state index < -0.39 is 41.4 Å². The minimum Gasteiger partial charge on any atom is -0.472 e. The van der Waals surface area contributed by atoms with Gasteiger partial charge in [0.15, 0.2) is 0 Å². The predicted molar refractivity (Wildman–Crippen MR) is 59.5 cm³/mol. The van der Waals surface area contributed by atoms with Crippen LogP contribution < -0.4 is 11.1 Å². The molecule has 1 heterocycles. The Bertz CT molecular complexity index is 453. The van der Waals surface area contributed by atoms with Crippen molar-refractivity contribution in [2.45, 2.75) is 25.9 Å². The molecule has 8 heteroatoms. The first-order chi connectivity index (χ1) is 8.31. The van der Waals surface area contributed by atoms with E-state index >= 15 is 0 Å². The topological polar surface area (TPSA) is 146 Å². The van der Waals surface area contributed by atoms with Gasteiger partial charge in [-0.2, -0.15) is 4.79 Å². The number of amides is 1. The SMILES string of the molecule is C[C@@H](N)[C@H]1C(=O)N[C@@H]1[C@@H](C)C(=O)C(=[N+]=[N-])C(=O)O. The molecule has 8 nitrogen and oxygen atoms in total. The van der Waals surface area contributed by atoms with Gasteiger partial charge in [-0.15, -0.1) is 0 Å². The van der Waals surface area contributed by atoms with E-state index in [0.29, 0.717) is 0 Å². The number of hydrogen-bond acceptors (Lipinski definition) is 4. The molecular formula is C10H14N4O4. The summed E-state index contributed by atoms with van der Waals surface area (Å²) >= 11 is 0. The number of carboxylic acid groups (broad SMARTS) is 1. The van der Waals surface area contributed by atoms with Crippen LogP contribution in [0.4, 0.5) is 0 Å². The standard InChI is InChI=1S/C10H14N4O4/c1-3(8(15)7(14-12)10(17)18)6-5(4(2)11)9(16)13-6/h3-6H,11H2,1-2H3,(H,13,16)(H,17,18)/t3-,4-,5-,6-/m1/s1. The summed E-state index contributed by atoms with van der Waals surface area (Å²) in [6, 6.07) is -0.987. The maximum absolute atomic E-state index is 11.8. The van der Waals surface area contributed by atoms with Crippen molar-refractivity contribution in [2.75, 3.05) is 0 Å². The number of ketones is 1. The molecule has 0 aromatic rings. The maximum Gasteiger partial charge on any atom is 0.441 e. The Hall–Kier alpha value is -2.05. The minimum absolute atomic E-state index is 0.271. The number of carbonyl (C=O) groups excluding carboxylic acids is 2. The molecule has 1 fully saturated rings. The van der Waals surface area contributed by atoms with Crippen LogP contribution in [0.25, 0.3) is 5.53 Å². The number of carboxylic acids is 1. The lowest BCUT2D eigenvalue weighted by molar-refractivity contribution is -0.141. The molecule has 4 N–H and O–H groups in total. The Morgan fingerprint density at radius 1 is 1.50 bits per heavy atom. The lowest BCUT2D eigenvalue weighted by Gasteiger charge is -2.41. The van der Waals surface area contributed by atoms with Crippen LogP contribution in [0.5, 0.6) is 0 Å². The lowest BCUT2D eigenvalue weighted by atomic mass is 9.76. The third-order valence-corrected chi connectivity index (χ3v) is 3.05. The van der Waals surface area contributed by atoms with Crippen molar-refractivity contribution >= 4 is 23.4 Å². The highest BCUT2D eigenvalue weighted by Crippen LogP contribution is 2.25. The molecule has 4 atom stereocenters. The van der Waals surface area contributed by atoms with Crippen molar-refractivity contribution in [3.63, 3.8) is 0 Å². The van der Waals surface area contributed by atoms with Gasteiger partial charge < -0.3 is 21.7 Å².